The standard InChI is InChI=1S/C22H22N2O6/c1-13(25)23-10-11-24-19(15-8-9-16(26)17(12-15)30-2)18(21(28)22(24)29)20(27)14-6-4-3-5-7-14/h3-9,12,19,26-27H,10-11H2,1-2H3,(H,23,25)/b20-18+/t19-/m0/s1. The molecule has 8 nitrogen and oxygen atoms in total. The summed E-state index contributed by atoms with van der Waals surface area (Å²) in [6, 6.07) is 12.0. The summed E-state index contributed by atoms with van der Waals surface area (Å²) < 4.78 is 5.15. The van der Waals surface area contributed by atoms with Crippen LogP contribution in [0.4, 0.5) is 0 Å². The number of aromatic hydroxyl groups is 1. The summed E-state index contributed by atoms with van der Waals surface area (Å²) in [7, 11) is 1.39. The van der Waals surface area contributed by atoms with Gasteiger partial charge in [0.1, 0.15) is 5.76 Å². The number of Topliss-reactive ketones (excluding diaryl/α,β-unsaturated/α-hetero) is 1. The molecular weight excluding hydrogens is 388 g/mol. The zero-order chi connectivity index (χ0) is 21.8. The van der Waals surface area contributed by atoms with Crippen molar-refractivity contribution >= 4 is 23.4 Å². The van der Waals surface area contributed by atoms with Crippen LogP contribution in [0, 0.1) is 0 Å². The molecule has 0 saturated carbocycles. The zero-order valence-electron chi connectivity index (χ0n) is 16.6. The van der Waals surface area contributed by atoms with Crippen molar-refractivity contribution < 1.29 is 29.3 Å². The number of aliphatic hydroxyl groups is 1. The van der Waals surface area contributed by atoms with E-state index in [1.54, 1.807) is 36.4 Å². The van der Waals surface area contributed by atoms with E-state index in [0.717, 1.165) is 0 Å². The molecule has 1 heterocycles. The first kappa shape index (κ1) is 20.9. The van der Waals surface area contributed by atoms with Crippen LogP contribution in [0.25, 0.3) is 5.76 Å². The largest absolute Gasteiger partial charge is 0.507 e. The molecule has 2 aromatic rings. The fraction of sp³-hybridized carbons (Fsp3) is 0.227. The van der Waals surface area contributed by atoms with Gasteiger partial charge in [-0.25, -0.2) is 0 Å². The van der Waals surface area contributed by atoms with Crippen molar-refractivity contribution in [3.8, 4) is 11.5 Å². The lowest BCUT2D eigenvalue weighted by Crippen LogP contribution is -2.37. The average Bonchev–Trinajstić information content (AvgIpc) is 2.99. The SMILES string of the molecule is COc1cc([C@H]2/C(=C(\O)c3ccccc3)C(=O)C(=O)N2CCNC(C)=O)ccc1O. The Morgan fingerprint density at radius 3 is 2.50 bits per heavy atom. The molecule has 3 rings (SSSR count). The maximum Gasteiger partial charge on any atom is 0.295 e. The number of methoxy groups -OCH3 is 1. The van der Waals surface area contributed by atoms with Gasteiger partial charge in [-0.1, -0.05) is 36.4 Å². The lowest BCUT2D eigenvalue weighted by molar-refractivity contribution is -0.140. The maximum absolute atomic E-state index is 12.9. The molecular formula is C22H22N2O6. The van der Waals surface area contributed by atoms with E-state index < -0.39 is 17.7 Å². The highest BCUT2D eigenvalue weighted by molar-refractivity contribution is 6.46. The minimum atomic E-state index is -0.909. The minimum Gasteiger partial charge on any atom is -0.507 e. The van der Waals surface area contributed by atoms with Crippen LogP contribution in [0.3, 0.4) is 0 Å². The Morgan fingerprint density at radius 1 is 1.17 bits per heavy atom. The Hall–Kier alpha value is -3.81. The second-order valence-corrected chi connectivity index (χ2v) is 6.77. The predicted octanol–water partition coefficient (Wildman–Crippen LogP) is 1.96. The van der Waals surface area contributed by atoms with Gasteiger partial charge in [0.2, 0.25) is 5.91 Å². The molecule has 156 valence electrons. The summed E-state index contributed by atoms with van der Waals surface area (Å²) in [5.41, 5.74) is 0.805. The number of hydrogen-bond acceptors (Lipinski definition) is 6. The monoisotopic (exact) mass is 410 g/mol. The average molecular weight is 410 g/mol. The number of amides is 2. The van der Waals surface area contributed by atoms with Crippen LogP contribution >= 0.6 is 0 Å². The van der Waals surface area contributed by atoms with Gasteiger partial charge < -0.3 is 25.2 Å². The molecule has 0 bridgehead atoms. The van der Waals surface area contributed by atoms with Gasteiger partial charge in [-0.15, -0.1) is 0 Å². The number of phenolic OH excluding ortho intramolecular Hbond substituents is 1. The first-order valence-electron chi connectivity index (χ1n) is 9.30. The number of rotatable bonds is 6. The molecule has 8 heteroatoms. The topological polar surface area (TPSA) is 116 Å². The zero-order valence-corrected chi connectivity index (χ0v) is 16.6. The van der Waals surface area contributed by atoms with E-state index >= 15 is 0 Å². The van der Waals surface area contributed by atoms with Crippen LogP contribution in [-0.4, -0.2) is 52.9 Å². The Morgan fingerprint density at radius 2 is 1.87 bits per heavy atom. The lowest BCUT2D eigenvalue weighted by atomic mass is 9.95. The van der Waals surface area contributed by atoms with Crippen LogP contribution in [0.5, 0.6) is 11.5 Å². The van der Waals surface area contributed by atoms with E-state index in [0.29, 0.717) is 11.1 Å². The molecule has 0 spiro atoms. The molecule has 1 fully saturated rings. The summed E-state index contributed by atoms with van der Waals surface area (Å²) in [6.07, 6.45) is 0. The smallest absolute Gasteiger partial charge is 0.295 e. The number of aliphatic hydroxyl groups excluding tert-OH is 1. The van der Waals surface area contributed by atoms with Crippen molar-refractivity contribution in [1.82, 2.24) is 10.2 Å². The van der Waals surface area contributed by atoms with Crippen molar-refractivity contribution in [2.24, 2.45) is 0 Å². The highest BCUT2D eigenvalue weighted by Gasteiger charge is 2.46. The van der Waals surface area contributed by atoms with E-state index in [9.17, 15) is 24.6 Å². The molecule has 3 N–H and O–H groups in total. The van der Waals surface area contributed by atoms with Crippen molar-refractivity contribution in [2.45, 2.75) is 13.0 Å². The first-order chi connectivity index (χ1) is 14.3. The fourth-order valence-corrected chi connectivity index (χ4v) is 3.43. The number of hydrogen-bond donors (Lipinski definition) is 3. The number of nitrogens with one attached hydrogen (secondary N) is 1. The van der Waals surface area contributed by atoms with E-state index in [2.05, 4.69) is 5.32 Å². The number of likely N-dealkylation sites (tertiary alicyclic amines) is 1. The van der Waals surface area contributed by atoms with E-state index in [1.807, 2.05) is 0 Å². The molecule has 1 saturated heterocycles. The van der Waals surface area contributed by atoms with E-state index in [-0.39, 0.29) is 41.8 Å². The molecule has 1 aliphatic rings. The lowest BCUT2D eigenvalue weighted by Gasteiger charge is -2.25. The molecule has 2 amide bonds. The van der Waals surface area contributed by atoms with Crippen molar-refractivity contribution in [3.63, 3.8) is 0 Å². The summed E-state index contributed by atoms with van der Waals surface area (Å²) >= 11 is 0. The Bertz CT molecular complexity index is 1020. The Balaban J connectivity index is 2.13. The summed E-state index contributed by atoms with van der Waals surface area (Å²) in [4.78, 5) is 38.1. The van der Waals surface area contributed by atoms with Gasteiger partial charge in [-0.05, 0) is 17.7 Å². The minimum absolute atomic E-state index is 0.0591. The van der Waals surface area contributed by atoms with Crippen molar-refractivity contribution in [3.05, 3.63) is 65.2 Å². The number of ketones is 1. The number of phenols is 1. The first-order valence-corrected chi connectivity index (χ1v) is 9.30. The molecule has 0 aliphatic carbocycles. The van der Waals surface area contributed by atoms with Crippen LogP contribution in [0.15, 0.2) is 54.1 Å². The van der Waals surface area contributed by atoms with Crippen LogP contribution in [-0.2, 0) is 14.4 Å². The quantitative estimate of drug-likeness (QED) is 0.381. The number of ether oxygens (including phenoxy) is 1. The van der Waals surface area contributed by atoms with Gasteiger partial charge in [0.15, 0.2) is 11.5 Å². The normalized spacial score (nSPS) is 17.8. The second kappa shape index (κ2) is 8.69. The predicted molar refractivity (Wildman–Crippen MR) is 109 cm³/mol. The van der Waals surface area contributed by atoms with Crippen LogP contribution in [0.2, 0.25) is 0 Å². The van der Waals surface area contributed by atoms with Gasteiger partial charge in [0.05, 0.1) is 18.7 Å². The number of carbonyl (C=O) groups is 3. The Labute approximate surface area is 173 Å². The number of carbonyl (C=O) groups excluding carboxylic acids is 3. The molecule has 30 heavy (non-hydrogen) atoms. The van der Waals surface area contributed by atoms with Gasteiger partial charge in [-0.3, -0.25) is 14.4 Å². The number of benzene rings is 2. The third-order valence-electron chi connectivity index (χ3n) is 4.83. The van der Waals surface area contributed by atoms with Crippen molar-refractivity contribution in [2.75, 3.05) is 20.2 Å². The summed E-state index contributed by atoms with van der Waals surface area (Å²) in [5.74, 6) is -2.10. The van der Waals surface area contributed by atoms with Gasteiger partial charge >= 0.3 is 0 Å². The number of nitrogens with zero attached hydrogens (tertiary/aromatic N) is 1. The summed E-state index contributed by atoms with van der Waals surface area (Å²) in [6.45, 7) is 1.55. The molecule has 1 aliphatic heterocycles. The van der Waals surface area contributed by atoms with Crippen LogP contribution < -0.4 is 10.1 Å². The second-order valence-electron chi connectivity index (χ2n) is 6.77. The highest BCUT2D eigenvalue weighted by Crippen LogP contribution is 2.41. The molecule has 0 radical (unpaired) electrons. The maximum atomic E-state index is 12.9. The third-order valence-corrected chi connectivity index (χ3v) is 4.83. The van der Waals surface area contributed by atoms with Gasteiger partial charge in [0, 0.05) is 25.6 Å². The third kappa shape index (κ3) is 3.98. The fourth-order valence-electron chi connectivity index (χ4n) is 3.43. The van der Waals surface area contributed by atoms with Crippen molar-refractivity contribution in [1.29, 1.82) is 0 Å². The molecule has 0 unspecified atom stereocenters. The Kier molecular flexibility index (Phi) is 6.06. The molecule has 0 aromatic heterocycles. The van der Waals surface area contributed by atoms with Gasteiger partial charge in [0.25, 0.3) is 11.7 Å². The molecule has 2 aromatic carbocycles. The molecule has 1 atom stereocenters. The highest BCUT2D eigenvalue weighted by atomic mass is 16.5. The van der Waals surface area contributed by atoms with E-state index in [4.69, 9.17) is 4.74 Å². The van der Waals surface area contributed by atoms with Crippen LogP contribution in [0.1, 0.15) is 24.1 Å². The van der Waals surface area contributed by atoms with Gasteiger partial charge in [-0.2, -0.15) is 0 Å². The van der Waals surface area contributed by atoms with E-state index in [1.165, 1.54) is 31.1 Å². The summed E-state index contributed by atoms with van der Waals surface area (Å²) in [5, 5.41) is 23.4.